The van der Waals surface area contributed by atoms with Gasteiger partial charge in [0.05, 0.1) is 23.4 Å². The van der Waals surface area contributed by atoms with Crippen molar-refractivity contribution in [3.63, 3.8) is 0 Å². The number of anilines is 1. The predicted molar refractivity (Wildman–Crippen MR) is 60.1 cm³/mol. The van der Waals surface area contributed by atoms with Crippen LogP contribution >= 0.6 is 11.8 Å². The molecular weight excluding hydrogens is 246 g/mol. The second-order valence-electron chi connectivity index (χ2n) is 3.37. The summed E-state index contributed by atoms with van der Waals surface area (Å²) in [6.45, 7) is 1.92. The van der Waals surface area contributed by atoms with Gasteiger partial charge in [0.1, 0.15) is 0 Å². The van der Waals surface area contributed by atoms with E-state index in [2.05, 4.69) is 0 Å². The Balaban J connectivity index is 2.43. The van der Waals surface area contributed by atoms with Crippen LogP contribution in [0.2, 0.25) is 0 Å². The van der Waals surface area contributed by atoms with Gasteiger partial charge in [-0.1, -0.05) is 0 Å². The third-order valence-electron chi connectivity index (χ3n) is 2.34. The van der Waals surface area contributed by atoms with Crippen molar-refractivity contribution in [1.29, 1.82) is 0 Å². The molecule has 0 unspecified atom stereocenters. The molecule has 17 heavy (non-hydrogen) atoms. The molecule has 1 aromatic rings. The molecule has 6 heteroatoms. The molecule has 1 aliphatic rings. The maximum absolute atomic E-state index is 11.5. The van der Waals surface area contributed by atoms with E-state index < -0.39 is 17.7 Å². The third-order valence-corrected chi connectivity index (χ3v) is 2.67. The van der Waals surface area contributed by atoms with Gasteiger partial charge in [-0.15, -0.1) is 0 Å². The molecule has 2 rings (SSSR count). The number of ether oxygens (including phenoxy) is 1. The monoisotopic (exact) mass is 253 g/mol. The number of hydrogen-bond donors (Lipinski definition) is 0. The predicted octanol–water partition coefficient (Wildman–Crippen LogP) is 1.55. The van der Waals surface area contributed by atoms with E-state index in [1.807, 2.05) is 0 Å². The molecule has 0 saturated heterocycles. The Bertz CT molecular complexity index is 526. The van der Waals surface area contributed by atoms with Gasteiger partial charge < -0.3 is 4.74 Å². The van der Waals surface area contributed by atoms with Gasteiger partial charge in [0.25, 0.3) is 5.78 Å². The quantitative estimate of drug-likeness (QED) is 0.456. The van der Waals surface area contributed by atoms with Crippen molar-refractivity contribution in [1.82, 2.24) is 0 Å². The Hall–Kier alpha value is -1.88. The Morgan fingerprint density at radius 2 is 2.12 bits per heavy atom. The number of fused-ring (bicyclic) bond motifs is 1. The van der Waals surface area contributed by atoms with Crippen LogP contribution in [0.15, 0.2) is 18.2 Å². The summed E-state index contributed by atoms with van der Waals surface area (Å²) in [6.07, 6.45) is 0. The zero-order valence-corrected chi connectivity index (χ0v) is 9.65. The van der Waals surface area contributed by atoms with E-state index in [9.17, 15) is 14.4 Å². The molecule has 1 aromatic carbocycles. The summed E-state index contributed by atoms with van der Waals surface area (Å²) in [7, 11) is 0. The number of hydrogen-bond acceptors (Lipinski definition) is 4. The zero-order chi connectivity index (χ0) is 12.6. The second kappa shape index (κ2) is 4.18. The van der Waals surface area contributed by atoms with E-state index in [0.717, 1.165) is 4.42 Å². The first-order valence-corrected chi connectivity index (χ1v) is 5.25. The molecule has 1 aliphatic heterocycles. The Kier molecular flexibility index (Phi) is 2.85. The van der Waals surface area contributed by atoms with Crippen molar-refractivity contribution in [2.24, 2.45) is 0 Å². The van der Waals surface area contributed by atoms with Gasteiger partial charge in [0, 0.05) is 11.8 Å². The number of nitrogens with zero attached hydrogens (tertiary/aromatic N) is 1. The lowest BCUT2D eigenvalue weighted by Gasteiger charge is -2.06. The van der Waals surface area contributed by atoms with Gasteiger partial charge in [-0.2, -0.15) is 0 Å². The molecule has 0 aliphatic carbocycles. The van der Waals surface area contributed by atoms with Crippen molar-refractivity contribution in [3.8, 4) is 0 Å². The molecule has 0 spiro atoms. The summed E-state index contributed by atoms with van der Waals surface area (Å²) in [5.41, 5.74) is 0.629. The van der Waals surface area contributed by atoms with Crippen molar-refractivity contribution in [2.45, 2.75) is 6.92 Å². The first-order chi connectivity index (χ1) is 8.06. The second-order valence-corrected chi connectivity index (χ2v) is 3.71. The highest BCUT2D eigenvalue weighted by Crippen LogP contribution is 2.31. The van der Waals surface area contributed by atoms with E-state index in [1.165, 1.54) is 18.2 Å². The molecule has 0 fully saturated rings. The number of ketones is 1. The van der Waals surface area contributed by atoms with Gasteiger partial charge in [0.15, 0.2) is 0 Å². The molecule has 1 amide bonds. The minimum absolute atomic E-state index is 0.121. The van der Waals surface area contributed by atoms with Gasteiger partial charge in [-0.25, -0.2) is 9.21 Å². The van der Waals surface area contributed by atoms with Gasteiger partial charge >= 0.3 is 11.9 Å². The molecule has 5 nitrogen and oxygen atoms in total. The number of carbonyl (C=O) groups excluding carboxylic acids is 3. The summed E-state index contributed by atoms with van der Waals surface area (Å²) in [6, 6.07) is 4.21. The highest BCUT2D eigenvalue weighted by Gasteiger charge is 2.35. The van der Waals surface area contributed by atoms with Crippen LogP contribution < -0.4 is 4.42 Å². The number of halogens is 1. The molecule has 0 aromatic heterocycles. The number of carbonyl (C=O) groups is 3. The minimum atomic E-state index is -0.817. The van der Waals surface area contributed by atoms with Crippen molar-refractivity contribution in [2.75, 3.05) is 11.0 Å². The molecule has 0 radical (unpaired) electrons. The molecule has 0 atom stereocenters. The third kappa shape index (κ3) is 1.78. The van der Waals surface area contributed by atoms with Crippen LogP contribution in [0.25, 0.3) is 0 Å². The number of Topliss-reactive ketones (excluding diaryl/α,β-unsaturated/α-hetero) is 1. The minimum Gasteiger partial charge on any atom is -0.462 e. The highest BCUT2D eigenvalue weighted by molar-refractivity contribution is 6.61. The zero-order valence-electron chi connectivity index (χ0n) is 8.90. The lowest BCUT2D eigenvalue weighted by atomic mass is 10.1. The number of rotatable bonds is 2. The van der Waals surface area contributed by atoms with Crippen molar-refractivity contribution < 1.29 is 19.1 Å². The lowest BCUT2D eigenvalue weighted by Crippen LogP contribution is -2.19. The molecule has 0 bridgehead atoms. The molecule has 0 N–H and O–H groups in total. The summed E-state index contributed by atoms with van der Waals surface area (Å²) >= 11 is 5.63. The Labute approximate surface area is 102 Å². The molecular formula is C11H8ClNO4. The van der Waals surface area contributed by atoms with Gasteiger partial charge in [-0.05, 0) is 25.1 Å². The molecule has 0 saturated carbocycles. The standard InChI is InChI=1S/C11H8ClNO4/c1-2-17-11(16)6-3-4-8-7(5-6)9(14)10(15)13(8)12/h3-5H,2H2,1H3. The lowest BCUT2D eigenvalue weighted by molar-refractivity contribution is -0.113. The van der Waals surface area contributed by atoms with E-state index in [4.69, 9.17) is 16.5 Å². The number of benzene rings is 1. The number of esters is 1. The van der Waals surface area contributed by atoms with E-state index in [0.29, 0.717) is 0 Å². The van der Waals surface area contributed by atoms with Crippen LogP contribution in [-0.2, 0) is 9.53 Å². The van der Waals surface area contributed by atoms with Gasteiger partial charge in [0.2, 0.25) is 0 Å². The largest absolute Gasteiger partial charge is 0.462 e. The van der Waals surface area contributed by atoms with E-state index in [1.54, 1.807) is 6.92 Å². The Morgan fingerprint density at radius 3 is 2.76 bits per heavy atom. The summed E-state index contributed by atoms with van der Waals surface area (Å²) < 4.78 is 5.54. The fourth-order valence-corrected chi connectivity index (χ4v) is 1.77. The maximum atomic E-state index is 11.5. The van der Waals surface area contributed by atoms with Crippen LogP contribution in [-0.4, -0.2) is 24.3 Å². The summed E-state index contributed by atoms with van der Waals surface area (Å²) in [4.78, 5) is 34.3. The highest BCUT2D eigenvalue weighted by atomic mass is 35.5. The fourth-order valence-electron chi connectivity index (χ4n) is 1.54. The molecule has 88 valence electrons. The number of amides is 1. The fraction of sp³-hybridized carbons (Fsp3) is 0.182. The van der Waals surface area contributed by atoms with E-state index in [-0.39, 0.29) is 23.4 Å². The first kappa shape index (κ1) is 11.6. The van der Waals surface area contributed by atoms with Crippen LogP contribution in [0.4, 0.5) is 5.69 Å². The maximum Gasteiger partial charge on any atom is 0.338 e. The van der Waals surface area contributed by atoms with Crippen molar-refractivity contribution in [3.05, 3.63) is 29.3 Å². The smallest absolute Gasteiger partial charge is 0.338 e. The SMILES string of the molecule is CCOC(=O)c1ccc2c(c1)C(=O)C(=O)N2Cl. The average molecular weight is 254 g/mol. The Morgan fingerprint density at radius 1 is 1.41 bits per heavy atom. The van der Waals surface area contributed by atoms with Crippen LogP contribution in [0, 0.1) is 0 Å². The van der Waals surface area contributed by atoms with E-state index >= 15 is 0 Å². The molecule has 1 heterocycles. The van der Waals surface area contributed by atoms with Crippen molar-refractivity contribution >= 4 is 35.1 Å². The van der Waals surface area contributed by atoms with Crippen LogP contribution in [0.3, 0.4) is 0 Å². The van der Waals surface area contributed by atoms with Gasteiger partial charge in [-0.3, -0.25) is 9.59 Å². The normalized spacial score (nSPS) is 13.9. The summed E-state index contributed by atoms with van der Waals surface area (Å²) in [5.74, 6) is -2.08. The summed E-state index contributed by atoms with van der Waals surface area (Å²) in [5, 5.41) is 0. The van der Waals surface area contributed by atoms with Crippen LogP contribution in [0.1, 0.15) is 27.6 Å². The topological polar surface area (TPSA) is 63.7 Å². The van der Waals surface area contributed by atoms with Crippen LogP contribution in [0.5, 0.6) is 0 Å². The first-order valence-electron chi connectivity index (χ1n) is 4.92. The average Bonchev–Trinajstić information content (AvgIpc) is 2.55.